The molecular weight excluding hydrogens is 384 g/mol. The Balaban J connectivity index is 1.61. The molecule has 3 rings (SSSR count). The van der Waals surface area contributed by atoms with Gasteiger partial charge in [0.15, 0.2) is 11.0 Å². The van der Waals surface area contributed by atoms with Crippen LogP contribution in [0, 0.1) is 0 Å². The maximum atomic E-state index is 12.4. The number of ether oxygens (including phenoxy) is 1. The van der Waals surface area contributed by atoms with Crippen molar-refractivity contribution in [1.82, 2.24) is 20.1 Å². The van der Waals surface area contributed by atoms with Crippen molar-refractivity contribution < 1.29 is 9.53 Å². The number of nitrogens with one attached hydrogen (secondary N) is 1. The highest BCUT2D eigenvalue weighted by Gasteiger charge is 2.19. The lowest BCUT2D eigenvalue weighted by Crippen LogP contribution is -2.28. The van der Waals surface area contributed by atoms with Gasteiger partial charge in [-0.1, -0.05) is 54.2 Å². The summed E-state index contributed by atoms with van der Waals surface area (Å²) in [6.45, 7) is 6.85. The molecule has 2 aromatic carbocycles. The second kappa shape index (κ2) is 10.5. The molecule has 0 unspecified atom stereocenters. The fourth-order valence-corrected chi connectivity index (χ4v) is 3.54. The molecule has 1 atom stereocenters. The van der Waals surface area contributed by atoms with Gasteiger partial charge in [-0.3, -0.25) is 4.79 Å². The number of para-hydroxylation sites is 1. The molecule has 0 fully saturated rings. The Morgan fingerprint density at radius 3 is 2.55 bits per heavy atom. The van der Waals surface area contributed by atoms with Crippen LogP contribution >= 0.6 is 11.8 Å². The number of hydrogen-bond acceptors (Lipinski definition) is 5. The third-order valence-electron chi connectivity index (χ3n) is 4.15. The molecule has 0 saturated heterocycles. The van der Waals surface area contributed by atoms with Crippen LogP contribution in [-0.4, -0.2) is 33.0 Å². The van der Waals surface area contributed by atoms with Crippen molar-refractivity contribution in [3.63, 3.8) is 0 Å². The van der Waals surface area contributed by atoms with Crippen LogP contribution in [0.25, 0.3) is 0 Å². The molecule has 1 aromatic heterocycles. The third-order valence-corrected chi connectivity index (χ3v) is 5.09. The van der Waals surface area contributed by atoms with E-state index in [4.69, 9.17) is 4.74 Å². The average Bonchev–Trinajstić information content (AvgIpc) is 3.15. The molecule has 0 bridgehead atoms. The first-order valence-electron chi connectivity index (χ1n) is 9.39. The van der Waals surface area contributed by atoms with Crippen LogP contribution in [0.5, 0.6) is 5.75 Å². The molecular formula is C22H24N4O2S. The molecule has 0 spiro atoms. The van der Waals surface area contributed by atoms with Gasteiger partial charge in [-0.25, -0.2) is 0 Å². The van der Waals surface area contributed by atoms with Crippen molar-refractivity contribution in [1.29, 1.82) is 0 Å². The minimum absolute atomic E-state index is 0.142. The molecule has 29 heavy (non-hydrogen) atoms. The van der Waals surface area contributed by atoms with E-state index >= 15 is 0 Å². The van der Waals surface area contributed by atoms with E-state index in [9.17, 15) is 4.79 Å². The Labute approximate surface area is 175 Å². The smallest absolute Gasteiger partial charge is 0.251 e. The van der Waals surface area contributed by atoms with Gasteiger partial charge in [-0.2, -0.15) is 0 Å². The second-order valence-electron chi connectivity index (χ2n) is 6.31. The topological polar surface area (TPSA) is 69.0 Å². The molecule has 0 aliphatic rings. The molecule has 1 N–H and O–H groups in total. The maximum Gasteiger partial charge on any atom is 0.251 e. The Kier molecular flexibility index (Phi) is 7.47. The first kappa shape index (κ1) is 20.7. The summed E-state index contributed by atoms with van der Waals surface area (Å²) in [6.07, 6.45) is 1.79. The molecule has 7 heteroatoms. The highest BCUT2D eigenvalue weighted by Crippen LogP contribution is 2.21. The van der Waals surface area contributed by atoms with Gasteiger partial charge in [-0.15, -0.1) is 16.8 Å². The van der Waals surface area contributed by atoms with Gasteiger partial charge in [-0.05, 0) is 31.2 Å². The van der Waals surface area contributed by atoms with Gasteiger partial charge >= 0.3 is 0 Å². The molecule has 6 nitrogen and oxygen atoms in total. The molecule has 3 aromatic rings. The zero-order valence-electron chi connectivity index (χ0n) is 16.3. The molecule has 0 aliphatic carbocycles. The number of benzene rings is 2. The highest BCUT2D eigenvalue weighted by atomic mass is 32.2. The first-order valence-corrected chi connectivity index (χ1v) is 10.4. The fraction of sp³-hybridized carbons (Fsp3) is 0.227. The molecule has 0 saturated carbocycles. The van der Waals surface area contributed by atoms with Crippen LogP contribution in [0.3, 0.4) is 0 Å². The van der Waals surface area contributed by atoms with E-state index in [0.717, 1.165) is 16.7 Å². The predicted octanol–water partition coefficient (Wildman–Crippen LogP) is 4.13. The van der Waals surface area contributed by atoms with Crippen molar-refractivity contribution in [2.75, 3.05) is 12.4 Å². The number of aromatic nitrogens is 3. The van der Waals surface area contributed by atoms with Crippen molar-refractivity contribution in [3.05, 3.63) is 84.7 Å². The number of allylic oxidation sites excluding steroid dienone is 1. The zero-order chi connectivity index (χ0) is 20.5. The lowest BCUT2D eigenvalue weighted by atomic mass is 10.2. The molecule has 0 aliphatic heterocycles. The summed E-state index contributed by atoms with van der Waals surface area (Å²) in [6, 6.07) is 18.5. The summed E-state index contributed by atoms with van der Waals surface area (Å²) in [7, 11) is 0. The van der Waals surface area contributed by atoms with Crippen LogP contribution in [0.4, 0.5) is 0 Å². The Bertz CT molecular complexity index is 929. The molecule has 0 radical (unpaired) electrons. The number of amides is 1. The van der Waals surface area contributed by atoms with Crippen molar-refractivity contribution in [3.8, 4) is 5.75 Å². The van der Waals surface area contributed by atoms with Crippen molar-refractivity contribution in [2.45, 2.75) is 24.7 Å². The van der Waals surface area contributed by atoms with Gasteiger partial charge < -0.3 is 14.6 Å². The van der Waals surface area contributed by atoms with Crippen molar-refractivity contribution >= 4 is 17.7 Å². The van der Waals surface area contributed by atoms with Crippen LogP contribution in [0.2, 0.25) is 0 Å². The van der Waals surface area contributed by atoms with Gasteiger partial charge in [0.05, 0.1) is 12.6 Å². The fourth-order valence-electron chi connectivity index (χ4n) is 2.77. The van der Waals surface area contributed by atoms with Crippen LogP contribution in [0.15, 0.2) is 78.5 Å². The summed E-state index contributed by atoms with van der Waals surface area (Å²) in [5.74, 6) is 2.13. The van der Waals surface area contributed by atoms with E-state index in [2.05, 4.69) is 22.1 Å². The van der Waals surface area contributed by atoms with Crippen LogP contribution in [-0.2, 0) is 6.54 Å². The number of rotatable bonds is 10. The Morgan fingerprint density at radius 1 is 1.17 bits per heavy atom. The Morgan fingerprint density at radius 2 is 1.86 bits per heavy atom. The van der Waals surface area contributed by atoms with E-state index in [0.29, 0.717) is 24.5 Å². The second-order valence-corrected chi connectivity index (χ2v) is 7.37. The van der Waals surface area contributed by atoms with Crippen molar-refractivity contribution in [2.24, 2.45) is 0 Å². The predicted molar refractivity (Wildman–Crippen MR) is 115 cm³/mol. The Hall–Kier alpha value is -3.06. The van der Waals surface area contributed by atoms with Crippen LogP contribution < -0.4 is 10.1 Å². The normalized spacial score (nSPS) is 11.6. The maximum absolute atomic E-state index is 12.4. The van der Waals surface area contributed by atoms with Gasteiger partial charge in [0.2, 0.25) is 0 Å². The monoisotopic (exact) mass is 408 g/mol. The summed E-state index contributed by atoms with van der Waals surface area (Å²) in [4.78, 5) is 12.4. The van der Waals surface area contributed by atoms with E-state index < -0.39 is 0 Å². The zero-order valence-corrected chi connectivity index (χ0v) is 17.1. The third kappa shape index (κ3) is 5.71. The number of hydrogen-bond donors (Lipinski definition) is 1. The number of carbonyl (C=O) groups is 1. The number of thioether (sulfide) groups is 1. The molecule has 150 valence electrons. The van der Waals surface area contributed by atoms with Gasteiger partial charge in [0.1, 0.15) is 5.75 Å². The van der Waals surface area contributed by atoms with E-state index in [1.165, 1.54) is 0 Å². The summed E-state index contributed by atoms with van der Waals surface area (Å²) in [5, 5.41) is 12.4. The SMILES string of the molecule is C=CCn1c(SCCOc2ccccc2)nnc1[C@H](C)NC(=O)c1ccccc1. The lowest BCUT2D eigenvalue weighted by molar-refractivity contribution is 0.0937. The van der Waals surface area contributed by atoms with E-state index in [1.54, 1.807) is 30.0 Å². The number of carbonyl (C=O) groups excluding carboxylic acids is 1. The van der Waals surface area contributed by atoms with Gasteiger partial charge in [0.25, 0.3) is 5.91 Å². The standard InChI is InChI=1S/C22H24N4O2S/c1-3-14-26-20(17(2)23-21(27)18-10-6-4-7-11-18)24-25-22(26)29-16-15-28-19-12-8-5-9-13-19/h3-13,17H,1,14-16H2,2H3,(H,23,27)/t17-/m0/s1. The average molecular weight is 409 g/mol. The molecule has 1 amide bonds. The summed E-state index contributed by atoms with van der Waals surface area (Å²) in [5.41, 5.74) is 0.613. The van der Waals surface area contributed by atoms with E-state index in [-0.39, 0.29) is 11.9 Å². The van der Waals surface area contributed by atoms with E-state index in [1.807, 2.05) is 60.0 Å². The highest BCUT2D eigenvalue weighted by molar-refractivity contribution is 7.99. The first-order chi connectivity index (χ1) is 14.2. The van der Waals surface area contributed by atoms with Crippen LogP contribution in [0.1, 0.15) is 29.1 Å². The molecule has 1 heterocycles. The number of nitrogens with zero attached hydrogens (tertiary/aromatic N) is 3. The van der Waals surface area contributed by atoms with Gasteiger partial charge in [0, 0.05) is 17.9 Å². The minimum Gasteiger partial charge on any atom is -0.493 e. The summed E-state index contributed by atoms with van der Waals surface area (Å²) < 4.78 is 7.70. The minimum atomic E-state index is -0.287. The quantitative estimate of drug-likeness (QED) is 0.310. The largest absolute Gasteiger partial charge is 0.493 e. The lowest BCUT2D eigenvalue weighted by Gasteiger charge is -2.15. The summed E-state index contributed by atoms with van der Waals surface area (Å²) >= 11 is 1.56.